The maximum atomic E-state index is 12.1. The lowest BCUT2D eigenvalue weighted by molar-refractivity contribution is -0.188. The van der Waals surface area contributed by atoms with E-state index in [-0.39, 0.29) is 12.1 Å². The lowest BCUT2D eigenvalue weighted by atomic mass is 9.93. The maximum absolute atomic E-state index is 12.1. The molecule has 1 aromatic heterocycles. The third-order valence-electron chi connectivity index (χ3n) is 3.49. The van der Waals surface area contributed by atoms with Gasteiger partial charge in [-0.25, -0.2) is 0 Å². The number of halogens is 3. The molecule has 1 aromatic rings. The first kappa shape index (κ1) is 15.2. The highest BCUT2D eigenvalue weighted by molar-refractivity contribution is 4.93. The minimum absolute atomic E-state index is 0.178. The summed E-state index contributed by atoms with van der Waals surface area (Å²) < 4.78 is 43.0. The van der Waals surface area contributed by atoms with E-state index in [0.29, 0.717) is 19.4 Å². The van der Waals surface area contributed by atoms with Crippen LogP contribution in [0.1, 0.15) is 31.4 Å². The summed E-state index contributed by atoms with van der Waals surface area (Å²) in [5.41, 5.74) is 0.948. The molecular formula is C12H19F3N4O. The van der Waals surface area contributed by atoms with Crippen molar-refractivity contribution in [2.24, 2.45) is 7.05 Å². The van der Waals surface area contributed by atoms with Crippen molar-refractivity contribution in [3.63, 3.8) is 0 Å². The van der Waals surface area contributed by atoms with Gasteiger partial charge < -0.3 is 10.1 Å². The van der Waals surface area contributed by atoms with Gasteiger partial charge in [0.1, 0.15) is 6.61 Å². The largest absolute Gasteiger partial charge is 0.411 e. The van der Waals surface area contributed by atoms with Gasteiger partial charge in [-0.2, -0.15) is 13.2 Å². The van der Waals surface area contributed by atoms with Gasteiger partial charge in [-0.05, 0) is 25.7 Å². The Balaban J connectivity index is 1.74. The predicted octanol–water partition coefficient (Wildman–Crippen LogP) is 1.79. The molecule has 0 radical (unpaired) electrons. The van der Waals surface area contributed by atoms with Gasteiger partial charge in [0, 0.05) is 19.6 Å². The lowest BCUT2D eigenvalue weighted by Gasteiger charge is -2.30. The number of hydrogen-bond donors (Lipinski definition) is 1. The van der Waals surface area contributed by atoms with Crippen LogP contribution in [-0.4, -0.2) is 39.9 Å². The van der Waals surface area contributed by atoms with E-state index in [1.54, 1.807) is 17.9 Å². The predicted molar refractivity (Wildman–Crippen MR) is 65.9 cm³/mol. The summed E-state index contributed by atoms with van der Waals surface area (Å²) >= 11 is 0. The molecule has 1 aliphatic rings. The number of ether oxygens (including phenoxy) is 1. The molecule has 0 spiro atoms. The van der Waals surface area contributed by atoms with Crippen LogP contribution in [0, 0.1) is 0 Å². The molecule has 0 amide bonds. The Morgan fingerprint density at radius 1 is 1.45 bits per heavy atom. The molecule has 114 valence electrons. The first-order valence-corrected chi connectivity index (χ1v) is 6.69. The van der Waals surface area contributed by atoms with Crippen molar-refractivity contribution in [1.82, 2.24) is 20.3 Å². The molecule has 1 fully saturated rings. The highest BCUT2D eigenvalue weighted by Gasteiger charge is 2.31. The smallest absolute Gasteiger partial charge is 0.369 e. The summed E-state index contributed by atoms with van der Waals surface area (Å²) in [6.45, 7) is -0.545. The molecule has 2 rings (SSSR count). The molecule has 0 saturated heterocycles. The fourth-order valence-corrected chi connectivity index (χ4v) is 2.41. The van der Waals surface area contributed by atoms with Crippen LogP contribution in [0.3, 0.4) is 0 Å². The monoisotopic (exact) mass is 292 g/mol. The number of nitrogens with one attached hydrogen (secondary N) is 1. The molecule has 1 aliphatic carbocycles. The molecule has 1 heterocycles. The SMILES string of the molecule is Cn1nncc1CNC1CCCC(OCC(F)(F)F)C1. The van der Waals surface area contributed by atoms with Crippen LogP contribution in [0.4, 0.5) is 13.2 Å². The van der Waals surface area contributed by atoms with Crippen LogP contribution < -0.4 is 5.32 Å². The van der Waals surface area contributed by atoms with Crippen molar-refractivity contribution >= 4 is 0 Å². The molecule has 1 saturated carbocycles. The standard InChI is InChI=1S/C12H19F3N4O/c1-19-10(7-17-18-19)6-16-9-3-2-4-11(5-9)20-8-12(13,14)15/h7,9,11,16H,2-6,8H2,1H3. The Hall–Kier alpha value is -1.15. The van der Waals surface area contributed by atoms with E-state index in [1.807, 2.05) is 0 Å². The van der Waals surface area contributed by atoms with E-state index in [9.17, 15) is 13.2 Å². The number of rotatable bonds is 5. The van der Waals surface area contributed by atoms with Crippen molar-refractivity contribution in [2.75, 3.05) is 6.61 Å². The van der Waals surface area contributed by atoms with E-state index in [1.165, 1.54) is 0 Å². The average Bonchev–Trinajstić information content (AvgIpc) is 2.79. The molecule has 20 heavy (non-hydrogen) atoms. The van der Waals surface area contributed by atoms with Crippen molar-refractivity contribution in [2.45, 2.75) is 50.6 Å². The zero-order chi connectivity index (χ0) is 14.6. The van der Waals surface area contributed by atoms with E-state index in [0.717, 1.165) is 18.5 Å². The summed E-state index contributed by atoms with van der Waals surface area (Å²) in [5.74, 6) is 0. The van der Waals surface area contributed by atoms with Gasteiger partial charge in [-0.15, -0.1) is 5.10 Å². The van der Waals surface area contributed by atoms with Crippen LogP contribution in [0.15, 0.2) is 6.20 Å². The minimum Gasteiger partial charge on any atom is -0.369 e. The lowest BCUT2D eigenvalue weighted by Crippen LogP contribution is -2.38. The molecule has 5 nitrogen and oxygen atoms in total. The quantitative estimate of drug-likeness (QED) is 0.899. The van der Waals surface area contributed by atoms with Crippen molar-refractivity contribution in [1.29, 1.82) is 0 Å². The van der Waals surface area contributed by atoms with E-state index < -0.39 is 12.8 Å². The van der Waals surface area contributed by atoms with Gasteiger partial charge in [0.25, 0.3) is 0 Å². The third kappa shape index (κ3) is 4.75. The van der Waals surface area contributed by atoms with Crippen molar-refractivity contribution in [3.8, 4) is 0 Å². The molecule has 0 aliphatic heterocycles. The van der Waals surface area contributed by atoms with Crippen LogP contribution in [-0.2, 0) is 18.3 Å². The highest BCUT2D eigenvalue weighted by Crippen LogP contribution is 2.24. The number of aryl methyl sites for hydroxylation is 1. The van der Waals surface area contributed by atoms with Gasteiger partial charge in [0.05, 0.1) is 18.0 Å². The average molecular weight is 292 g/mol. The Labute approximate surface area is 115 Å². The van der Waals surface area contributed by atoms with Crippen molar-refractivity contribution in [3.05, 3.63) is 11.9 Å². The van der Waals surface area contributed by atoms with Gasteiger partial charge in [-0.1, -0.05) is 5.21 Å². The van der Waals surface area contributed by atoms with Gasteiger partial charge in [-0.3, -0.25) is 4.68 Å². The number of aromatic nitrogens is 3. The summed E-state index contributed by atoms with van der Waals surface area (Å²) in [7, 11) is 1.81. The highest BCUT2D eigenvalue weighted by atomic mass is 19.4. The minimum atomic E-state index is -4.25. The van der Waals surface area contributed by atoms with E-state index in [4.69, 9.17) is 4.74 Å². The molecule has 8 heteroatoms. The normalized spacial score (nSPS) is 24.0. The van der Waals surface area contributed by atoms with Crippen LogP contribution in [0.5, 0.6) is 0 Å². The molecule has 2 atom stereocenters. The molecule has 2 unspecified atom stereocenters. The first-order valence-electron chi connectivity index (χ1n) is 6.69. The van der Waals surface area contributed by atoms with Crippen molar-refractivity contribution < 1.29 is 17.9 Å². The van der Waals surface area contributed by atoms with Crippen LogP contribution >= 0.6 is 0 Å². The number of nitrogens with zero attached hydrogens (tertiary/aromatic N) is 3. The van der Waals surface area contributed by atoms with Gasteiger partial charge >= 0.3 is 6.18 Å². The second-order valence-electron chi connectivity index (χ2n) is 5.14. The second kappa shape index (κ2) is 6.53. The number of hydrogen-bond acceptors (Lipinski definition) is 4. The molecule has 0 aromatic carbocycles. The zero-order valence-electron chi connectivity index (χ0n) is 11.4. The van der Waals surface area contributed by atoms with E-state index >= 15 is 0 Å². The topological polar surface area (TPSA) is 52.0 Å². The molecule has 1 N–H and O–H groups in total. The number of alkyl halides is 3. The van der Waals surface area contributed by atoms with E-state index in [2.05, 4.69) is 15.6 Å². The Morgan fingerprint density at radius 2 is 2.25 bits per heavy atom. The van der Waals surface area contributed by atoms with Crippen LogP contribution in [0.25, 0.3) is 0 Å². The zero-order valence-corrected chi connectivity index (χ0v) is 11.4. The van der Waals surface area contributed by atoms with Crippen LogP contribution in [0.2, 0.25) is 0 Å². The Kier molecular flexibility index (Phi) is 4.98. The Bertz CT molecular complexity index is 421. The fraction of sp³-hybridized carbons (Fsp3) is 0.833. The first-order chi connectivity index (χ1) is 9.44. The molecular weight excluding hydrogens is 273 g/mol. The van der Waals surface area contributed by atoms with Gasteiger partial charge in [0.2, 0.25) is 0 Å². The second-order valence-corrected chi connectivity index (χ2v) is 5.14. The Morgan fingerprint density at radius 3 is 2.90 bits per heavy atom. The molecule has 0 bridgehead atoms. The van der Waals surface area contributed by atoms with Gasteiger partial charge in [0.15, 0.2) is 0 Å². The fourth-order valence-electron chi connectivity index (χ4n) is 2.41. The summed E-state index contributed by atoms with van der Waals surface area (Å²) in [4.78, 5) is 0. The maximum Gasteiger partial charge on any atom is 0.411 e. The summed E-state index contributed by atoms with van der Waals surface area (Å²) in [5, 5.41) is 10.9. The third-order valence-corrected chi connectivity index (χ3v) is 3.49. The summed E-state index contributed by atoms with van der Waals surface area (Å²) in [6, 6.07) is 0.178. The summed E-state index contributed by atoms with van der Waals surface area (Å²) in [6.07, 6.45) is 0.255.